The zero-order chi connectivity index (χ0) is 6.48. The first-order valence-corrected chi connectivity index (χ1v) is 3.47. The maximum absolute atomic E-state index is 8.56. The molecule has 48 valence electrons. The molecule has 0 aromatic heterocycles. The van der Waals surface area contributed by atoms with E-state index in [1.54, 1.807) is 0 Å². The highest BCUT2D eigenvalue weighted by Crippen LogP contribution is 2.57. The van der Waals surface area contributed by atoms with Crippen LogP contribution in [-0.4, -0.2) is 18.0 Å². The molecular weight excluding hydrogens is 136 g/mol. The molecule has 2 fully saturated rings. The number of hydrogen-bond acceptors (Lipinski definition) is 2. The van der Waals surface area contributed by atoms with Gasteiger partial charge in [0.05, 0.1) is 6.07 Å². The highest BCUT2D eigenvalue weighted by atomic mass is 35.5. The molecule has 1 aliphatic carbocycles. The standard InChI is InChI=1S/C6H7ClN2/c7-6(3-8)4-1-9-2-5(4)6/h4-5,9H,1-2H2. The van der Waals surface area contributed by atoms with Crippen molar-refractivity contribution < 1.29 is 0 Å². The van der Waals surface area contributed by atoms with Crippen molar-refractivity contribution in [3.8, 4) is 6.07 Å². The molecule has 2 nitrogen and oxygen atoms in total. The Labute approximate surface area is 58.8 Å². The van der Waals surface area contributed by atoms with Crippen molar-refractivity contribution in [2.75, 3.05) is 13.1 Å². The quantitative estimate of drug-likeness (QED) is 0.495. The van der Waals surface area contributed by atoms with Gasteiger partial charge in [-0.05, 0) is 0 Å². The normalized spacial score (nSPS) is 54.2. The Balaban J connectivity index is 2.18. The smallest absolute Gasteiger partial charge is 0.139 e. The molecule has 0 amide bonds. The van der Waals surface area contributed by atoms with Crippen LogP contribution >= 0.6 is 11.6 Å². The fourth-order valence-corrected chi connectivity index (χ4v) is 2.04. The van der Waals surface area contributed by atoms with Gasteiger partial charge in [0.1, 0.15) is 4.87 Å². The van der Waals surface area contributed by atoms with Gasteiger partial charge in [0.15, 0.2) is 0 Å². The summed E-state index contributed by atoms with van der Waals surface area (Å²) in [5, 5.41) is 11.7. The van der Waals surface area contributed by atoms with Crippen LogP contribution in [0.2, 0.25) is 0 Å². The molecule has 0 aromatic carbocycles. The molecule has 3 heteroatoms. The van der Waals surface area contributed by atoms with Gasteiger partial charge >= 0.3 is 0 Å². The van der Waals surface area contributed by atoms with E-state index in [0.29, 0.717) is 11.8 Å². The summed E-state index contributed by atoms with van der Waals surface area (Å²) in [6.07, 6.45) is 0. The summed E-state index contributed by atoms with van der Waals surface area (Å²) >= 11 is 5.90. The van der Waals surface area contributed by atoms with Gasteiger partial charge in [0.25, 0.3) is 0 Å². The molecule has 2 atom stereocenters. The van der Waals surface area contributed by atoms with Crippen LogP contribution in [0.5, 0.6) is 0 Å². The molecule has 1 saturated heterocycles. The van der Waals surface area contributed by atoms with Crippen LogP contribution in [0.1, 0.15) is 0 Å². The molecule has 0 aromatic rings. The maximum atomic E-state index is 8.56. The highest BCUT2D eigenvalue weighted by Gasteiger charge is 2.66. The summed E-state index contributed by atoms with van der Waals surface area (Å²) in [5.41, 5.74) is 0. The first-order chi connectivity index (χ1) is 4.29. The first-order valence-electron chi connectivity index (χ1n) is 3.10. The Bertz CT molecular complexity index is 174. The fourth-order valence-electron chi connectivity index (χ4n) is 1.64. The van der Waals surface area contributed by atoms with E-state index in [-0.39, 0.29) is 0 Å². The first kappa shape index (κ1) is 5.52. The summed E-state index contributed by atoms with van der Waals surface area (Å²) in [6, 6.07) is 2.14. The van der Waals surface area contributed by atoms with Gasteiger partial charge in [-0.2, -0.15) is 5.26 Å². The summed E-state index contributed by atoms with van der Waals surface area (Å²) in [7, 11) is 0. The van der Waals surface area contributed by atoms with Crippen LogP contribution < -0.4 is 5.32 Å². The van der Waals surface area contributed by atoms with Crippen LogP contribution in [0.25, 0.3) is 0 Å². The summed E-state index contributed by atoms with van der Waals surface area (Å²) < 4.78 is 0. The average Bonchev–Trinajstić information content (AvgIpc) is 2.39. The minimum absolute atomic E-state index is 0.434. The third-order valence-electron chi connectivity index (χ3n) is 2.36. The molecule has 0 bridgehead atoms. The van der Waals surface area contributed by atoms with E-state index in [0.717, 1.165) is 13.1 Å². The average molecular weight is 143 g/mol. The lowest BCUT2D eigenvalue weighted by Crippen LogP contribution is -2.21. The fraction of sp³-hybridized carbons (Fsp3) is 0.833. The number of piperidine rings is 1. The van der Waals surface area contributed by atoms with E-state index in [1.807, 2.05) is 0 Å². The van der Waals surface area contributed by atoms with Crippen LogP contribution in [0.15, 0.2) is 0 Å². The number of fused-ring (bicyclic) bond motifs is 1. The van der Waals surface area contributed by atoms with Crippen LogP contribution in [-0.2, 0) is 0 Å². The van der Waals surface area contributed by atoms with Gasteiger partial charge in [-0.25, -0.2) is 0 Å². The zero-order valence-corrected chi connectivity index (χ0v) is 5.65. The summed E-state index contributed by atoms with van der Waals surface area (Å²) in [6.45, 7) is 1.86. The van der Waals surface area contributed by atoms with Crippen LogP contribution in [0, 0.1) is 23.2 Å². The van der Waals surface area contributed by atoms with Crippen molar-refractivity contribution in [1.82, 2.24) is 5.32 Å². The Morgan fingerprint density at radius 3 is 2.44 bits per heavy atom. The van der Waals surface area contributed by atoms with Crippen molar-refractivity contribution in [2.45, 2.75) is 4.87 Å². The Morgan fingerprint density at radius 1 is 1.56 bits per heavy atom. The van der Waals surface area contributed by atoms with E-state index in [4.69, 9.17) is 16.9 Å². The van der Waals surface area contributed by atoms with E-state index in [9.17, 15) is 0 Å². The largest absolute Gasteiger partial charge is 0.316 e. The molecule has 0 radical (unpaired) electrons. The molecule has 0 spiro atoms. The monoisotopic (exact) mass is 142 g/mol. The predicted molar refractivity (Wildman–Crippen MR) is 34.0 cm³/mol. The Kier molecular flexibility index (Phi) is 0.870. The predicted octanol–water partition coefficient (Wildman–Crippen LogP) is 0.337. The molecule has 2 aliphatic rings. The number of nitrogens with zero attached hydrogens (tertiary/aromatic N) is 1. The second kappa shape index (κ2) is 1.42. The van der Waals surface area contributed by atoms with Crippen molar-refractivity contribution in [3.05, 3.63) is 0 Å². The second-order valence-corrected chi connectivity index (χ2v) is 3.38. The molecule has 9 heavy (non-hydrogen) atoms. The molecule has 1 aliphatic heterocycles. The molecule has 1 saturated carbocycles. The SMILES string of the molecule is N#CC1(Cl)C2CNCC21. The Morgan fingerprint density at radius 2 is 2.11 bits per heavy atom. The maximum Gasteiger partial charge on any atom is 0.139 e. The lowest BCUT2D eigenvalue weighted by Gasteiger charge is -2.01. The van der Waals surface area contributed by atoms with E-state index in [1.165, 1.54) is 0 Å². The molecule has 1 heterocycles. The summed E-state index contributed by atoms with van der Waals surface area (Å²) in [4.78, 5) is -0.481. The molecule has 2 rings (SSSR count). The zero-order valence-electron chi connectivity index (χ0n) is 4.89. The van der Waals surface area contributed by atoms with Gasteiger partial charge in [-0.3, -0.25) is 0 Å². The summed E-state index contributed by atoms with van der Waals surface area (Å²) in [5.74, 6) is 0.869. The van der Waals surface area contributed by atoms with Crippen molar-refractivity contribution >= 4 is 11.6 Å². The van der Waals surface area contributed by atoms with Gasteiger partial charge in [-0.15, -0.1) is 11.6 Å². The minimum Gasteiger partial charge on any atom is -0.316 e. The van der Waals surface area contributed by atoms with Crippen molar-refractivity contribution in [2.24, 2.45) is 11.8 Å². The number of hydrogen-bond donors (Lipinski definition) is 1. The van der Waals surface area contributed by atoms with Gasteiger partial charge in [-0.1, -0.05) is 0 Å². The van der Waals surface area contributed by atoms with Crippen LogP contribution in [0.4, 0.5) is 0 Å². The van der Waals surface area contributed by atoms with Gasteiger partial charge < -0.3 is 5.32 Å². The van der Waals surface area contributed by atoms with Crippen molar-refractivity contribution in [3.63, 3.8) is 0 Å². The van der Waals surface area contributed by atoms with E-state index in [2.05, 4.69) is 11.4 Å². The molecule has 2 unspecified atom stereocenters. The minimum atomic E-state index is -0.481. The van der Waals surface area contributed by atoms with E-state index < -0.39 is 4.87 Å². The van der Waals surface area contributed by atoms with Crippen molar-refractivity contribution in [1.29, 1.82) is 5.26 Å². The number of rotatable bonds is 0. The number of nitrogens with one attached hydrogen (secondary N) is 1. The number of nitriles is 1. The van der Waals surface area contributed by atoms with Crippen LogP contribution in [0.3, 0.4) is 0 Å². The molecular formula is C6H7ClN2. The number of alkyl halides is 1. The molecule has 1 N–H and O–H groups in total. The highest BCUT2D eigenvalue weighted by molar-refractivity contribution is 6.28. The van der Waals surface area contributed by atoms with Gasteiger partial charge in [0.2, 0.25) is 0 Å². The second-order valence-electron chi connectivity index (χ2n) is 2.75. The Hall–Kier alpha value is -0.260. The lowest BCUT2D eigenvalue weighted by molar-refractivity contribution is 0.693. The number of halogens is 1. The topological polar surface area (TPSA) is 35.8 Å². The third kappa shape index (κ3) is 0.493. The van der Waals surface area contributed by atoms with E-state index >= 15 is 0 Å². The van der Waals surface area contributed by atoms with Gasteiger partial charge in [0, 0.05) is 24.9 Å². The third-order valence-corrected chi connectivity index (χ3v) is 3.00. The lowest BCUT2D eigenvalue weighted by atomic mass is 10.3.